The van der Waals surface area contributed by atoms with E-state index in [1.54, 1.807) is 6.20 Å². The van der Waals surface area contributed by atoms with Crippen LogP contribution in [-0.2, 0) is 16.0 Å². The molecule has 138 valence electrons. The molecule has 0 amide bonds. The van der Waals surface area contributed by atoms with Crippen LogP contribution in [0, 0.1) is 0 Å². The van der Waals surface area contributed by atoms with Gasteiger partial charge in [-0.2, -0.15) is 4.98 Å². The van der Waals surface area contributed by atoms with Crippen molar-refractivity contribution >= 4 is 17.0 Å². The number of ether oxygens (including phenoxy) is 2. The Bertz CT molecular complexity index is 911. The largest absolute Gasteiger partial charge is 0.369 e. The number of hydrogen-bond acceptors (Lipinski definition) is 6. The average molecular weight is 357 g/mol. The van der Waals surface area contributed by atoms with Gasteiger partial charge in [-0.1, -0.05) is 18.6 Å². The molecule has 0 radical (unpaired) electrons. The molecule has 8 nitrogen and oxygen atoms in total. The summed E-state index contributed by atoms with van der Waals surface area (Å²) in [5.74, 6) is -0.280. The highest BCUT2D eigenvalue weighted by atomic mass is 16.8. The molecule has 2 aliphatic carbocycles. The van der Waals surface area contributed by atoms with Crippen molar-refractivity contribution in [3.63, 3.8) is 0 Å². The van der Waals surface area contributed by atoms with Gasteiger partial charge in [0.05, 0.1) is 11.4 Å². The Morgan fingerprint density at radius 1 is 1.27 bits per heavy atom. The van der Waals surface area contributed by atoms with Crippen molar-refractivity contribution < 1.29 is 9.47 Å². The van der Waals surface area contributed by atoms with E-state index in [0.717, 1.165) is 31.2 Å². The van der Waals surface area contributed by atoms with Gasteiger partial charge in [0.25, 0.3) is 5.56 Å². The third-order valence-corrected chi connectivity index (χ3v) is 5.67. The first-order valence-electron chi connectivity index (χ1n) is 9.27. The molecule has 1 aliphatic heterocycles. The number of H-pyrrole nitrogens is 2. The number of fused-ring (bicyclic) bond motifs is 2. The summed E-state index contributed by atoms with van der Waals surface area (Å²) in [7, 11) is 0. The van der Waals surface area contributed by atoms with Gasteiger partial charge < -0.3 is 25.5 Å². The molecule has 1 spiro atoms. The molecule has 8 heteroatoms. The van der Waals surface area contributed by atoms with Crippen molar-refractivity contribution in [3.8, 4) is 0 Å². The van der Waals surface area contributed by atoms with Gasteiger partial charge in [0.2, 0.25) is 5.95 Å². The van der Waals surface area contributed by atoms with Crippen molar-refractivity contribution in [2.45, 2.75) is 62.7 Å². The van der Waals surface area contributed by atoms with Gasteiger partial charge in [-0.25, -0.2) is 0 Å². The standard InChI is InChI=1S/C18H23N5O3/c19-17-22-15-13(16(24)23-17)10(9-21-15)8-20-11-4-5-12-14(11)26-18(25-12)6-2-1-3-7-18/h4-5,9,11-12,14,20H,1-3,6-8H2,(H4,19,21,22,23,24)/t11-,12-,14+/m0/s1. The molecule has 1 saturated heterocycles. The molecule has 3 atom stereocenters. The summed E-state index contributed by atoms with van der Waals surface area (Å²) < 4.78 is 12.6. The van der Waals surface area contributed by atoms with Crippen LogP contribution in [0.2, 0.25) is 0 Å². The smallest absolute Gasteiger partial charge is 0.262 e. The van der Waals surface area contributed by atoms with Crippen LogP contribution in [0.1, 0.15) is 37.7 Å². The van der Waals surface area contributed by atoms with E-state index in [4.69, 9.17) is 15.2 Å². The molecular formula is C18H23N5O3. The molecule has 2 aromatic rings. The van der Waals surface area contributed by atoms with Crippen LogP contribution in [0.4, 0.5) is 5.95 Å². The van der Waals surface area contributed by atoms with E-state index in [-0.39, 0.29) is 29.8 Å². The Balaban J connectivity index is 1.31. The zero-order valence-corrected chi connectivity index (χ0v) is 14.5. The lowest BCUT2D eigenvalue weighted by atomic mass is 9.94. The van der Waals surface area contributed by atoms with Crippen LogP contribution in [0.15, 0.2) is 23.1 Å². The maximum Gasteiger partial charge on any atom is 0.262 e. The molecule has 3 heterocycles. The van der Waals surface area contributed by atoms with E-state index >= 15 is 0 Å². The van der Waals surface area contributed by atoms with Crippen molar-refractivity contribution in [1.29, 1.82) is 0 Å². The first-order chi connectivity index (χ1) is 12.6. The molecule has 2 aromatic heterocycles. The molecule has 5 N–H and O–H groups in total. The Morgan fingerprint density at radius 2 is 2.12 bits per heavy atom. The van der Waals surface area contributed by atoms with Gasteiger partial charge in [0, 0.05) is 25.6 Å². The SMILES string of the molecule is Nc1nc2[nH]cc(CN[C@H]3C=C[C@@H]4OC5(CCCCC5)O[C@H]34)c2c(=O)[nH]1. The second-order valence-corrected chi connectivity index (χ2v) is 7.42. The van der Waals surface area contributed by atoms with Gasteiger partial charge in [0.1, 0.15) is 17.9 Å². The lowest BCUT2D eigenvalue weighted by molar-refractivity contribution is -0.193. The summed E-state index contributed by atoms with van der Waals surface area (Å²) >= 11 is 0. The number of anilines is 1. The normalized spacial score (nSPS) is 29.6. The van der Waals surface area contributed by atoms with E-state index in [9.17, 15) is 4.79 Å². The molecule has 0 bridgehead atoms. The number of nitrogens with one attached hydrogen (secondary N) is 3. The Hall–Kier alpha value is -2.16. The summed E-state index contributed by atoms with van der Waals surface area (Å²) in [6.45, 7) is 0.531. The highest BCUT2D eigenvalue weighted by Gasteiger charge is 2.51. The predicted octanol–water partition coefficient (Wildman–Crippen LogP) is 1.31. The van der Waals surface area contributed by atoms with E-state index in [1.807, 2.05) is 0 Å². The Morgan fingerprint density at radius 3 is 2.96 bits per heavy atom. The molecular weight excluding hydrogens is 334 g/mol. The fourth-order valence-corrected chi connectivity index (χ4v) is 4.42. The lowest BCUT2D eigenvalue weighted by Gasteiger charge is -2.32. The zero-order chi connectivity index (χ0) is 17.7. The highest BCUT2D eigenvalue weighted by molar-refractivity contribution is 5.79. The van der Waals surface area contributed by atoms with Gasteiger partial charge in [-0.05, 0) is 18.4 Å². The minimum atomic E-state index is -0.391. The first kappa shape index (κ1) is 16.0. The van der Waals surface area contributed by atoms with Gasteiger partial charge in [-0.3, -0.25) is 9.78 Å². The third-order valence-electron chi connectivity index (χ3n) is 5.67. The van der Waals surface area contributed by atoms with Crippen molar-refractivity contribution in [1.82, 2.24) is 20.3 Å². The number of nitrogen functional groups attached to an aromatic ring is 1. The molecule has 5 rings (SSSR count). The molecule has 3 aliphatic rings. The summed E-state index contributed by atoms with van der Waals surface area (Å²) in [5.41, 5.74) is 6.72. The van der Waals surface area contributed by atoms with E-state index in [2.05, 4.69) is 32.4 Å². The van der Waals surface area contributed by atoms with E-state index < -0.39 is 5.79 Å². The second kappa shape index (κ2) is 5.94. The topological polar surface area (TPSA) is 118 Å². The van der Waals surface area contributed by atoms with E-state index in [1.165, 1.54) is 6.42 Å². The number of nitrogens with zero attached hydrogens (tertiary/aromatic N) is 1. The average Bonchev–Trinajstić information content (AvgIpc) is 3.27. The minimum absolute atomic E-state index is 0.00893. The first-order valence-corrected chi connectivity index (χ1v) is 9.27. The third kappa shape index (κ3) is 2.56. The van der Waals surface area contributed by atoms with Crippen LogP contribution in [0.25, 0.3) is 11.0 Å². The zero-order valence-electron chi connectivity index (χ0n) is 14.5. The maximum absolute atomic E-state index is 12.2. The van der Waals surface area contributed by atoms with Crippen molar-refractivity contribution in [3.05, 3.63) is 34.3 Å². The lowest BCUT2D eigenvalue weighted by Crippen LogP contribution is -2.41. The number of hydrogen-bond donors (Lipinski definition) is 4. The number of aromatic nitrogens is 3. The van der Waals surface area contributed by atoms with Crippen LogP contribution in [-0.4, -0.2) is 39.0 Å². The number of rotatable bonds is 3. The van der Waals surface area contributed by atoms with Crippen molar-refractivity contribution in [2.75, 3.05) is 5.73 Å². The summed E-state index contributed by atoms with van der Waals surface area (Å²) in [5, 5.41) is 4.03. The number of aromatic amines is 2. The van der Waals surface area contributed by atoms with Crippen LogP contribution in [0.5, 0.6) is 0 Å². The summed E-state index contributed by atoms with van der Waals surface area (Å²) in [6, 6.07) is 0.0621. The fraction of sp³-hybridized carbons (Fsp3) is 0.556. The molecule has 0 aromatic carbocycles. The van der Waals surface area contributed by atoms with Crippen molar-refractivity contribution in [2.24, 2.45) is 0 Å². The summed E-state index contributed by atoms with van der Waals surface area (Å²) in [6.07, 6.45) is 11.5. The van der Waals surface area contributed by atoms with Gasteiger partial charge in [0.15, 0.2) is 5.79 Å². The van der Waals surface area contributed by atoms with Crippen LogP contribution >= 0.6 is 0 Å². The maximum atomic E-state index is 12.2. The molecule has 1 saturated carbocycles. The van der Waals surface area contributed by atoms with Gasteiger partial charge >= 0.3 is 0 Å². The number of nitrogens with two attached hydrogens (primary N) is 1. The predicted molar refractivity (Wildman–Crippen MR) is 96.5 cm³/mol. The molecule has 0 unspecified atom stereocenters. The van der Waals surface area contributed by atoms with Crippen LogP contribution in [0.3, 0.4) is 0 Å². The van der Waals surface area contributed by atoms with Gasteiger partial charge in [-0.15, -0.1) is 0 Å². The summed E-state index contributed by atoms with van der Waals surface area (Å²) in [4.78, 5) is 21.9. The minimum Gasteiger partial charge on any atom is -0.369 e. The quantitative estimate of drug-likeness (QED) is 0.615. The highest BCUT2D eigenvalue weighted by Crippen LogP contribution is 2.43. The second-order valence-electron chi connectivity index (χ2n) is 7.42. The van der Waals surface area contributed by atoms with E-state index in [0.29, 0.717) is 17.6 Å². The molecule has 2 fully saturated rings. The Kier molecular flexibility index (Phi) is 3.66. The molecule has 26 heavy (non-hydrogen) atoms. The fourth-order valence-electron chi connectivity index (χ4n) is 4.42. The monoisotopic (exact) mass is 357 g/mol. The van der Waals surface area contributed by atoms with Crippen LogP contribution < -0.4 is 16.6 Å². The Labute approximate surface area is 150 Å².